The average molecular weight is 563 g/mol. The standard InChI is InChI=1S/C33H33F3N2O3/c1-4-40-31(39)32(18-19-32)27-16-14-25(15-17-27)24-10-12-26(13-11-24)30-29(22(3)38-41-30)37-21(2)8-9-23-6-5-7-28(20-23)33(34,35)36/h5-7,10-17,20-21,37H,4,8-9,18-19H2,1-3H3. The molecule has 1 atom stereocenters. The number of nitrogens with zero attached hydrogens (tertiary/aromatic N) is 1. The van der Waals surface area contributed by atoms with Crippen molar-refractivity contribution in [3.63, 3.8) is 0 Å². The Labute approximate surface area is 237 Å². The van der Waals surface area contributed by atoms with Gasteiger partial charge in [-0.1, -0.05) is 71.9 Å². The van der Waals surface area contributed by atoms with Crippen LogP contribution in [0.1, 0.15) is 55.5 Å². The molecule has 3 aromatic carbocycles. The number of nitrogens with one attached hydrogen (secondary N) is 1. The summed E-state index contributed by atoms with van der Waals surface area (Å²) in [5.74, 6) is 0.467. The van der Waals surface area contributed by atoms with Gasteiger partial charge in [0.05, 0.1) is 17.6 Å². The smallest absolute Gasteiger partial charge is 0.416 e. The normalized spacial score (nSPS) is 14.9. The molecule has 4 aromatic rings. The van der Waals surface area contributed by atoms with Crippen LogP contribution in [0.3, 0.4) is 0 Å². The minimum absolute atomic E-state index is 0.0245. The van der Waals surface area contributed by atoms with E-state index in [0.29, 0.717) is 36.5 Å². The lowest BCUT2D eigenvalue weighted by molar-refractivity contribution is -0.146. The Balaban J connectivity index is 1.25. The van der Waals surface area contributed by atoms with E-state index in [1.165, 1.54) is 12.1 Å². The Morgan fingerprint density at radius 2 is 1.66 bits per heavy atom. The summed E-state index contributed by atoms with van der Waals surface area (Å²) in [6.45, 7) is 6.05. The predicted octanol–water partition coefficient (Wildman–Crippen LogP) is 8.36. The molecule has 1 saturated carbocycles. The number of anilines is 1. The van der Waals surface area contributed by atoms with Gasteiger partial charge in [-0.2, -0.15) is 13.2 Å². The molecule has 1 aromatic heterocycles. The van der Waals surface area contributed by atoms with Crippen molar-refractivity contribution in [1.29, 1.82) is 0 Å². The van der Waals surface area contributed by atoms with Crippen molar-refractivity contribution in [3.8, 4) is 22.5 Å². The number of benzene rings is 3. The topological polar surface area (TPSA) is 64.4 Å². The molecule has 1 fully saturated rings. The van der Waals surface area contributed by atoms with Crippen LogP contribution in [0.4, 0.5) is 18.9 Å². The van der Waals surface area contributed by atoms with E-state index in [4.69, 9.17) is 9.26 Å². The fraction of sp³-hybridized carbons (Fsp3) is 0.333. The quantitative estimate of drug-likeness (QED) is 0.197. The fourth-order valence-corrected chi connectivity index (χ4v) is 5.14. The van der Waals surface area contributed by atoms with Gasteiger partial charge in [0.1, 0.15) is 11.4 Å². The Morgan fingerprint density at radius 1 is 1.02 bits per heavy atom. The van der Waals surface area contributed by atoms with Crippen molar-refractivity contribution in [2.75, 3.05) is 11.9 Å². The van der Waals surface area contributed by atoms with Crippen molar-refractivity contribution in [2.45, 2.75) is 64.1 Å². The van der Waals surface area contributed by atoms with E-state index >= 15 is 0 Å². The van der Waals surface area contributed by atoms with E-state index < -0.39 is 17.2 Å². The third-order valence-electron chi connectivity index (χ3n) is 7.71. The lowest BCUT2D eigenvalue weighted by atomic mass is 9.93. The molecule has 0 radical (unpaired) electrons. The summed E-state index contributed by atoms with van der Waals surface area (Å²) >= 11 is 0. The van der Waals surface area contributed by atoms with Gasteiger partial charge < -0.3 is 14.6 Å². The third-order valence-corrected chi connectivity index (χ3v) is 7.71. The molecule has 0 aliphatic heterocycles. The van der Waals surface area contributed by atoms with Crippen molar-refractivity contribution < 1.29 is 27.2 Å². The average Bonchev–Trinajstić information content (AvgIpc) is 3.71. The van der Waals surface area contributed by atoms with Crippen LogP contribution >= 0.6 is 0 Å². The third kappa shape index (κ3) is 6.16. The van der Waals surface area contributed by atoms with Gasteiger partial charge in [-0.25, -0.2) is 0 Å². The van der Waals surface area contributed by atoms with Crippen LogP contribution in [0.15, 0.2) is 77.3 Å². The number of carbonyl (C=O) groups is 1. The lowest BCUT2D eigenvalue weighted by Crippen LogP contribution is -2.23. The van der Waals surface area contributed by atoms with Gasteiger partial charge >= 0.3 is 12.1 Å². The van der Waals surface area contributed by atoms with Crippen molar-refractivity contribution in [2.24, 2.45) is 0 Å². The summed E-state index contributed by atoms with van der Waals surface area (Å²) in [6.07, 6.45) is -1.58. The summed E-state index contributed by atoms with van der Waals surface area (Å²) < 4.78 is 50.1. The Bertz CT molecular complexity index is 1500. The summed E-state index contributed by atoms with van der Waals surface area (Å²) in [4.78, 5) is 12.4. The van der Waals surface area contributed by atoms with Crippen LogP contribution in [-0.4, -0.2) is 23.8 Å². The van der Waals surface area contributed by atoms with E-state index in [9.17, 15) is 18.0 Å². The van der Waals surface area contributed by atoms with Crippen molar-refractivity contribution in [3.05, 3.63) is 95.2 Å². The molecule has 1 N–H and O–H groups in total. The molecule has 0 spiro atoms. The van der Waals surface area contributed by atoms with Crippen molar-refractivity contribution in [1.82, 2.24) is 5.16 Å². The van der Waals surface area contributed by atoms with Gasteiger partial charge in [0.2, 0.25) is 0 Å². The van der Waals surface area contributed by atoms with Crippen molar-refractivity contribution >= 4 is 11.7 Å². The molecule has 1 heterocycles. The van der Waals surface area contributed by atoms with Crippen LogP contribution in [0.2, 0.25) is 0 Å². The number of alkyl halides is 3. The van der Waals surface area contributed by atoms with Crippen LogP contribution in [-0.2, 0) is 27.5 Å². The molecule has 41 heavy (non-hydrogen) atoms. The van der Waals surface area contributed by atoms with Crippen LogP contribution < -0.4 is 5.32 Å². The first-order chi connectivity index (χ1) is 19.6. The lowest BCUT2D eigenvalue weighted by Gasteiger charge is -2.16. The van der Waals surface area contributed by atoms with Crippen LogP contribution in [0, 0.1) is 6.92 Å². The maximum Gasteiger partial charge on any atom is 0.416 e. The van der Waals surface area contributed by atoms with Crippen LogP contribution in [0.25, 0.3) is 22.5 Å². The molecular formula is C33H33F3N2O3. The molecule has 214 valence electrons. The Hall–Kier alpha value is -4.07. The number of halogens is 3. The number of hydrogen-bond acceptors (Lipinski definition) is 5. The zero-order valence-electron chi connectivity index (χ0n) is 23.3. The predicted molar refractivity (Wildman–Crippen MR) is 153 cm³/mol. The number of hydrogen-bond donors (Lipinski definition) is 1. The minimum atomic E-state index is -4.35. The van der Waals surface area contributed by atoms with E-state index in [1.54, 1.807) is 6.07 Å². The number of aromatic nitrogens is 1. The first-order valence-electron chi connectivity index (χ1n) is 13.9. The monoisotopic (exact) mass is 562 g/mol. The number of rotatable bonds is 10. The highest BCUT2D eigenvalue weighted by atomic mass is 19.4. The molecule has 0 saturated heterocycles. The van der Waals surface area contributed by atoms with Gasteiger partial charge in [0.25, 0.3) is 0 Å². The number of carbonyl (C=O) groups excluding carboxylic acids is 1. The SMILES string of the molecule is CCOC(=O)C1(c2ccc(-c3ccc(-c4onc(C)c4NC(C)CCc4cccc(C(F)(F)F)c4)cc3)cc2)CC1. The van der Waals surface area contributed by atoms with E-state index in [1.807, 2.05) is 69.3 Å². The highest BCUT2D eigenvalue weighted by molar-refractivity contribution is 5.87. The highest BCUT2D eigenvalue weighted by Crippen LogP contribution is 2.49. The molecule has 1 aliphatic carbocycles. The Kier molecular flexibility index (Phi) is 7.93. The molecule has 8 heteroatoms. The van der Waals surface area contributed by atoms with Gasteiger partial charge in [-0.15, -0.1) is 0 Å². The summed E-state index contributed by atoms with van der Waals surface area (Å²) in [6, 6.07) is 21.5. The zero-order chi connectivity index (χ0) is 29.2. The molecule has 1 aliphatic rings. The van der Waals surface area contributed by atoms with Gasteiger partial charge in [-0.05, 0) is 74.8 Å². The largest absolute Gasteiger partial charge is 0.465 e. The molecule has 5 nitrogen and oxygen atoms in total. The Morgan fingerprint density at radius 3 is 2.27 bits per heavy atom. The summed E-state index contributed by atoms with van der Waals surface area (Å²) in [7, 11) is 0. The molecule has 5 rings (SSSR count). The molecule has 1 unspecified atom stereocenters. The molecule has 0 amide bonds. The first-order valence-corrected chi connectivity index (χ1v) is 13.9. The number of aryl methyl sites for hydroxylation is 2. The highest BCUT2D eigenvalue weighted by Gasteiger charge is 2.52. The fourth-order valence-electron chi connectivity index (χ4n) is 5.14. The minimum Gasteiger partial charge on any atom is -0.465 e. The summed E-state index contributed by atoms with van der Waals surface area (Å²) in [5.41, 5.74) is 4.92. The van der Waals surface area contributed by atoms with E-state index in [-0.39, 0.29) is 12.0 Å². The maximum atomic E-state index is 13.1. The van der Waals surface area contributed by atoms with E-state index in [2.05, 4.69) is 10.5 Å². The van der Waals surface area contributed by atoms with E-state index in [0.717, 1.165) is 46.8 Å². The number of esters is 1. The number of ether oxygens (including phenoxy) is 1. The van der Waals surface area contributed by atoms with Gasteiger partial charge in [0.15, 0.2) is 5.76 Å². The second-order valence-corrected chi connectivity index (χ2v) is 10.7. The molecule has 0 bridgehead atoms. The molecular weight excluding hydrogens is 529 g/mol. The van der Waals surface area contributed by atoms with Crippen LogP contribution in [0.5, 0.6) is 0 Å². The first kappa shape index (κ1) is 28.5. The van der Waals surface area contributed by atoms with Gasteiger partial charge in [-0.3, -0.25) is 4.79 Å². The second kappa shape index (κ2) is 11.4. The zero-order valence-corrected chi connectivity index (χ0v) is 23.3. The second-order valence-electron chi connectivity index (χ2n) is 10.7. The van der Waals surface area contributed by atoms with Gasteiger partial charge in [0, 0.05) is 11.6 Å². The maximum absolute atomic E-state index is 13.1. The summed E-state index contributed by atoms with van der Waals surface area (Å²) in [5, 5.41) is 7.60.